The number of benzene rings is 1. The van der Waals surface area contributed by atoms with Crippen molar-refractivity contribution in [2.75, 3.05) is 0 Å². The van der Waals surface area contributed by atoms with Crippen LogP contribution in [0.3, 0.4) is 0 Å². The summed E-state index contributed by atoms with van der Waals surface area (Å²) in [6.07, 6.45) is 3.73. The summed E-state index contributed by atoms with van der Waals surface area (Å²) in [7, 11) is 2.06. The van der Waals surface area contributed by atoms with E-state index in [-0.39, 0.29) is 20.1 Å². The van der Waals surface area contributed by atoms with Gasteiger partial charge < -0.3 is 9.13 Å². The molecule has 119 valence electrons. The molecule has 4 nitrogen and oxygen atoms in total. The van der Waals surface area contributed by atoms with Crippen LogP contribution in [0.15, 0.2) is 30.6 Å². The molecule has 0 spiro atoms. The normalized spacial score (nSPS) is 10.2. The molecule has 0 aliphatic heterocycles. The van der Waals surface area contributed by atoms with E-state index in [1.54, 1.807) is 6.20 Å². The van der Waals surface area contributed by atoms with Crippen LogP contribution in [0.4, 0.5) is 5.69 Å². The van der Waals surface area contributed by atoms with E-state index in [9.17, 15) is 0 Å². The molecule has 1 aromatic carbocycles. The van der Waals surface area contributed by atoms with E-state index >= 15 is 0 Å². The van der Waals surface area contributed by atoms with Gasteiger partial charge in [0.05, 0.1) is 18.1 Å². The predicted octanol–water partition coefficient (Wildman–Crippen LogP) is 4.15. The Morgan fingerprint density at radius 3 is 2.57 bits per heavy atom. The molecule has 0 fully saturated rings. The van der Waals surface area contributed by atoms with Crippen LogP contribution >= 0.6 is 0 Å². The Morgan fingerprint density at radius 1 is 1.22 bits per heavy atom. The van der Waals surface area contributed by atoms with E-state index in [0.29, 0.717) is 5.69 Å². The van der Waals surface area contributed by atoms with Crippen LogP contribution in [0.5, 0.6) is 0 Å². The maximum atomic E-state index is 7.27. The third-order valence-corrected chi connectivity index (χ3v) is 4.14. The number of hydrogen-bond acceptors (Lipinski definition) is 1. The van der Waals surface area contributed by atoms with E-state index in [1.165, 1.54) is 11.4 Å². The number of rotatable bonds is 2. The second kappa shape index (κ2) is 6.54. The van der Waals surface area contributed by atoms with Gasteiger partial charge in [-0.3, -0.25) is 9.83 Å². The number of imidazole rings is 1. The summed E-state index contributed by atoms with van der Waals surface area (Å²) in [6, 6.07) is 9.08. The molecular weight excluding hydrogens is 464 g/mol. The summed E-state index contributed by atoms with van der Waals surface area (Å²) in [6.45, 7) is 13.4. The van der Waals surface area contributed by atoms with Crippen LogP contribution in [0.1, 0.15) is 17.0 Å². The second-order valence-corrected chi connectivity index (χ2v) is 5.46. The third-order valence-electron chi connectivity index (χ3n) is 4.14. The largest absolute Gasteiger partial charge is 0.350 e. The van der Waals surface area contributed by atoms with Gasteiger partial charge in [-0.2, -0.15) is 6.07 Å². The molecule has 5 heteroatoms. The van der Waals surface area contributed by atoms with Gasteiger partial charge in [0.1, 0.15) is 5.69 Å². The topological polar surface area (TPSA) is 27.1 Å². The Labute approximate surface area is 150 Å². The second-order valence-electron chi connectivity index (χ2n) is 5.46. The van der Waals surface area contributed by atoms with Crippen molar-refractivity contribution in [2.45, 2.75) is 20.8 Å². The van der Waals surface area contributed by atoms with Crippen LogP contribution in [-0.2, 0) is 27.2 Å². The first-order valence-electron chi connectivity index (χ1n) is 7.09. The fraction of sp³-hybridized carbons (Fsp3) is 0.222. The van der Waals surface area contributed by atoms with Crippen LogP contribution in [0, 0.1) is 33.4 Å². The Morgan fingerprint density at radius 2 is 1.96 bits per heavy atom. The van der Waals surface area contributed by atoms with Crippen molar-refractivity contribution in [1.29, 1.82) is 0 Å². The van der Waals surface area contributed by atoms with Gasteiger partial charge in [0.15, 0.2) is 0 Å². The predicted molar refractivity (Wildman–Crippen MR) is 87.3 cm³/mol. The van der Waals surface area contributed by atoms with Crippen LogP contribution < -0.4 is 0 Å². The fourth-order valence-electron chi connectivity index (χ4n) is 2.58. The fourth-order valence-corrected chi connectivity index (χ4v) is 2.58. The van der Waals surface area contributed by atoms with Crippen molar-refractivity contribution in [3.05, 3.63) is 65.0 Å². The Hall–Kier alpha value is -2.15. The number of hydrogen-bond donors (Lipinski definition) is 0. The molecule has 0 atom stereocenters. The molecule has 0 N–H and O–H groups in total. The summed E-state index contributed by atoms with van der Waals surface area (Å²) < 4.78 is 4.21. The zero-order chi connectivity index (χ0) is 15.9. The molecule has 0 bridgehead atoms. The standard InChI is InChI=1S/C18H17N4.Ir/c1-12-6-7-15(11-16(12)19-4)18-20-8-9-22(18)17-10-13(2)21(5)14(17)3;/h6,8-11H,1-3,5H3;/q-1;. The molecular formula is C18H17IrN4-. The van der Waals surface area contributed by atoms with Crippen molar-refractivity contribution < 1.29 is 20.1 Å². The monoisotopic (exact) mass is 482 g/mol. The molecule has 3 rings (SSSR count). The van der Waals surface area contributed by atoms with Gasteiger partial charge in [-0.05, 0) is 19.9 Å². The number of aryl methyl sites for hydroxylation is 2. The summed E-state index contributed by atoms with van der Waals surface area (Å²) in [5, 5.41) is 0. The first kappa shape index (κ1) is 17.2. The Kier molecular flexibility index (Phi) is 4.89. The van der Waals surface area contributed by atoms with Gasteiger partial charge in [0, 0.05) is 50.9 Å². The molecule has 2 aromatic heterocycles. The van der Waals surface area contributed by atoms with E-state index in [2.05, 4.69) is 52.0 Å². The summed E-state index contributed by atoms with van der Waals surface area (Å²) >= 11 is 0. The first-order chi connectivity index (χ1) is 10.5. The van der Waals surface area contributed by atoms with Crippen molar-refractivity contribution >= 4 is 5.69 Å². The minimum atomic E-state index is 0. The molecule has 0 saturated heterocycles. The van der Waals surface area contributed by atoms with Gasteiger partial charge in [-0.25, -0.2) is 0 Å². The van der Waals surface area contributed by atoms with Crippen molar-refractivity contribution in [1.82, 2.24) is 14.1 Å². The SMILES string of the molecule is [C-]#[N+]c1cc(-c2nccn2-c2cc(C)n(C)c2C)[c-]cc1C.[Ir]. The Bertz CT molecular complexity index is 896. The average molecular weight is 482 g/mol. The zero-order valence-electron chi connectivity index (χ0n) is 13.5. The summed E-state index contributed by atoms with van der Waals surface area (Å²) in [5.41, 5.74) is 5.89. The summed E-state index contributed by atoms with van der Waals surface area (Å²) in [4.78, 5) is 8.04. The third kappa shape index (κ3) is 2.88. The maximum Gasteiger partial charge on any atom is 0.111 e. The van der Waals surface area contributed by atoms with Crippen LogP contribution in [-0.4, -0.2) is 14.1 Å². The molecule has 2 heterocycles. The van der Waals surface area contributed by atoms with Gasteiger partial charge >= 0.3 is 0 Å². The van der Waals surface area contributed by atoms with E-state index in [0.717, 1.165) is 22.6 Å². The number of nitrogens with zero attached hydrogens (tertiary/aromatic N) is 4. The molecule has 1 radical (unpaired) electrons. The minimum Gasteiger partial charge on any atom is -0.350 e. The van der Waals surface area contributed by atoms with Crippen molar-refractivity contribution in [2.24, 2.45) is 7.05 Å². The van der Waals surface area contributed by atoms with E-state index < -0.39 is 0 Å². The molecule has 0 aliphatic carbocycles. The molecule has 23 heavy (non-hydrogen) atoms. The smallest absolute Gasteiger partial charge is 0.111 e. The molecule has 3 aromatic rings. The maximum absolute atomic E-state index is 7.27. The average Bonchev–Trinajstić information content (AvgIpc) is 3.08. The minimum absolute atomic E-state index is 0. The zero-order valence-corrected chi connectivity index (χ0v) is 15.9. The van der Waals surface area contributed by atoms with Crippen LogP contribution in [0.25, 0.3) is 21.9 Å². The van der Waals surface area contributed by atoms with Gasteiger partial charge in [-0.1, -0.05) is 6.92 Å². The quantitative estimate of drug-likeness (QED) is 0.506. The molecule has 0 amide bonds. The van der Waals surface area contributed by atoms with Crippen molar-refractivity contribution in [3.8, 4) is 17.1 Å². The van der Waals surface area contributed by atoms with E-state index in [1.807, 2.05) is 25.3 Å². The van der Waals surface area contributed by atoms with Gasteiger partial charge in [-0.15, -0.1) is 23.3 Å². The molecule has 0 saturated carbocycles. The first-order valence-corrected chi connectivity index (χ1v) is 7.09. The molecule has 0 unspecified atom stereocenters. The Balaban J connectivity index is 0.00000192. The van der Waals surface area contributed by atoms with Crippen LogP contribution in [0.2, 0.25) is 0 Å². The summed E-state index contributed by atoms with van der Waals surface area (Å²) in [5.74, 6) is 0.804. The van der Waals surface area contributed by atoms with E-state index in [4.69, 9.17) is 6.57 Å². The van der Waals surface area contributed by atoms with Gasteiger partial charge in [0.25, 0.3) is 0 Å². The number of aromatic nitrogens is 3. The van der Waals surface area contributed by atoms with Gasteiger partial charge in [0.2, 0.25) is 0 Å². The van der Waals surface area contributed by atoms with Crippen molar-refractivity contribution in [3.63, 3.8) is 0 Å². The molecule has 0 aliphatic rings.